The van der Waals surface area contributed by atoms with Crippen molar-refractivity contribution in [3.8, 4) is 11.1 Å². The van der Waals surface area contributed by atoms with Crippen molar-refractivity contribution in [1.29, 1.82) is 0 Å². The third kappa shape index (κ3) is 8.26. The van der Waals surface area contributed by atoms with Gasteiger partial charge >= 0.3 is 0 Å². The Labute approximate surface area is 235 Å². The zero-order valence-electron chi connectivity index (χ0n) is 22.9. The second kappa shape index (κ2) is 14.4. The quantitative estimate of drug-likeness (QED) is 0.242. The van der Waals surface area contributed by atoms with Crippen LogP contribution in [0.1, 0.15) is 64.9 Å². The number of likely N-dealkylation sites (tertiary alicyclic amines) is 1. The molecule has 0 aliphatic carbocycles. The first kappa shape index (κ1) is 30.6. The molecule has 7 nitrogen and oxygen atoms in total. The third-order valence-corrected chi connectivity index (χ3v) is 7.53. The van der Waals surface area contributed by atoms with Crippen molar-refractivity contribution in [3.05, 3.63) is 58.9 Å². The van der Waals surface area contributed by atoms with Gasteiger partial charge in [-0.05, 0) is 72.9 Å². The van der Waals surface area contributed by atoms with Gasteiger partial charge in [-0.3, -0.25) is 19.6 Å². The number of carbonyl (C=O) groups excluding carboxylic acids is 3. The molecule has 212 valence electrons. The van der Waals surface area contributed by atoms with Crippen molar-refractivity contribution < 1.29 is 24.0 Å². The maximum atomic E-state index is 13.6. The number of hydroxylamine groups is 1. The molecule has 2 aromatic rings. The summed E-state index contributed by atoms with van der Waals surface area (Å²) in [6, 6.07) is 11.6. The van der Waals surface area contributed by atoms with Crippen LogP contribution >= 0.6 is 11.6 Å². The fraction of sp³-hybridized carbons (Fsp3) is 0.500. The van der Waals surface area contributed by atoms with Gasteiger partial charge in [0.1, 0.15) is 11.9 Å². The van der Waals surface area contributed by atoms with Crippen LogP contribution in [0, 0.1) is 23.6 Å². The largest absolute Gasteiger partial charge is 0.344 e. The lowest BCUT2D eigenvalue weighted by atomic mass is 9.81. The Morgan fingerprint density at radius 1 is 1.10 bits per heavy atom. The summed E-state index contributed by atoms with van der Waals surface area (Å²) in [5.41, 5.74) is 4.27. The number of amides is 3. The molecule has 0 aromatic heterocycles. The van der Waals surface area contributed by atoms with Gasteiger partial charge in [0.15, 0.2) is 0 Å². The minimum atomic E-state index is -0.687. The summed E-state index contributed by atoms with van der Waals surface area (Å²) in [7, 11) is 0. The number of hydrogen-bond acceptors (Lipinski definition) is 4. The molecule has 1 aliphatic heterocycles. The molecular formula is C30H39ClFN3O4. The van der Waals surface area contributed by atoms with Crippen LogP contribution in [0.5, 0.6) is 0 Å². The molecule has 39 heavy (non-hydrogen) atoms. The zero-order valence-corrected chi connectivity index (χ0v) is 23.6. The van der Waals surface area contributed by atoms with E-state index in [0.717, 1.165) is 29.5 Å². The SMILES string of the molecule is CCC[C@H](C(=O)NO)[C@H](CC(C)C)C(=O)N[C@H]1CCCCN(Cc2cccc(-c3ccc(F)c(Cl)c3)c2)C1=O. The molecule has 0 radical (unpaired) electrons. The van der Waals surface area contributed by atoms with Gasteiger partial charge in [-0.1, -0.05) is 63.1 Å². The van der Waals surface area contributed by atoms with E-state index in [2.05, 4.69) is 5.32 Å². The molecule has 1 fully saturated rings. The lowest BCUT2D eigenvalue weighted by Crippen LogP contribution is -2.51. The van der Waals surface area contributed by atoms with Crippen molar-refractivity contribution in [2.24, 2.45) is 17.8 Å². The predicted molar refractivity (Wildman–Crippen MR) is 149 cm³/mol. The Bertz CT molecular complexity index is 1160. The monoisotopic (exact) mass is 559 g/mol. The Kier molecular flexibility index (Phi) is 11.3. The molecule has 1 saturated heterocycles. The van der Waals surface area contributed by atoms with Crippen LogP contribution in [-0.2, 0) is 20.9 Å². The lowest BCUT2D eigenvalue weighted by Gasteiger charge is -2.29. The van der Waals surface area contributed by atoms with E-state index in [1.165, 1.54) is 6.07 Å². The first-order valence-electron chi connectivity index (χ1n) is 13.7. The Morgan fingerprint density at radius 2 is 1.85 bits per heavy atom. The number of benzene rings is 2. The molecule has 3 atom stereocenters. The molecule has 0 unspecified atom stereocenters. The van der Waals surface area contributed by atoms with Gasteiger partial charge in [0.05, 0.1) is 10.9 Å². The second-order valence-corrected chi connectivity index (χ2v) is 11.2. The Balaban J connectivity index is 1.77. The van der Waals surface area contributed by atoms with Crippen LogP contribution in [0.3, 0.4) is 0 Å². The number of nitrogens with one attached hydrogen (secondary N) is 2. The summed E-state index contributed by atoms with van der Waals surface area (Å²) in [6.07, 6.45) is 3.72. The predicted octanol–water partition coefficient (Wildman–Crippen LogP) is 5.73. The van der Waals surface area contributed by atoms with Crippen LogP contribution in [-0.4, -0.2) is 40.4 Å². The molecule has 0 bridgehead atoms. The molecule has 2 aromatic carbocycles. The van der Waals surface area contributed by atoms with Gasteiger partial charge < -0.3 is 10.2 Å². The van der Waals surface area contributed by atoms with Crippen LogP contribution in [0.25, 0.3) is 11.1 Å². The first-order valence-corrected chi connectivity index (χ1v) is 14.1. The molecule has 3 N–H and O–H groups in total. The molecule has 1 heterocycles. The highest BCUT2D eigenvalue weighted by Crippen LogP contribution is 2.28. The standard InChI is InChI=1S/C30H39ClFN3O4/c1-4-8-23(29(37)34-39)24(15-19(2)3)28(36)33-27-11-5-6-14-35(30(27)38)18-20-9-7-10-21(16-20)22-12-13-26(32)25(31)17-22/h7,9-10,12-13,16-17,19,23-24,27,39H,4-6,8,11,14-15,18H2,1-3H3,(H,33,36)(H,34,37)/t23-,24-,27-/m0/s1. The van der Waals surface area contributed by atoms with Crippen LogP contribution in [0.2, 0.25) is 5.02 Å². The topological polar surface area (TPSA) is 98.7 Å². The number of carbonyl (C=O) groups is 3. The van der Waals surface area contributed by atoms with E-state index in [1.54, 1.807) is 22.5 Å². The van der Waals surface area contributed by atoms with Crippen LogP contribution in [0.4, 0.5) is 4.39 Å². The molecule has 0 spiro atoms. The van der Waals surface area contributed by atoms with Crippen molar-refractivity contribution in [3.63, 3.8) is 0 Å². The molecule has 3 amide bonds. The minimum absolute atomic E-state index is 0.0487. The summed E-state index contributed by atoms with van der Waals surface area (Å²) in [5.74, 6) is -2.72. The second-order valence-electron chi connectivity index (χ2n) is 10.8. The van der Waals surface area contributed by atoms with Gasteiger partial charge in [-0.25, -0.2) is 9.87 Å². The van der Waals surface area contributed by atoms with Crippen molar-refractivity contribution in [2.75, 3.05) is 6.54 Å². The number of nitrogens with zero attached hydrogens (tertiary/aromatic N) is 1. The van der Waals surface area contributed by atoms with E-state index in [4.69, 9.17) is 11.6 Å². The fourth-order valence-corrected chi connectivity index (χ4v) is 5.47. The Hall–Kier alpha value is -2.97. The van der Waals surface area contributed by atoms with E-state index < -0.39 is 29.6 Å². The number of halogens is 2. The normalized spacial score (nSPS) is 17.5. The average Bonchev–Trinajstić information content (AvgIpc) is 3.08. The smallest absolute Gasteiger partial charge is 0.247 e. The summed E-state index contributed by atoms with van der Waals surface area (Å²) in [4.78, 5) is 41.2. The van der Waals surface area contributed by atoms with Crippen molar-refractivity contribution in [2.45, 2.75) is 71.9 Å². The maximum Gasteiger partial charge on any atom is 0.247 e. The molecule has 0 saturated carbocycles. The van der Waals surface area contributed by atoms with E-state index in [-0.39, 0.29) is 22.8 Å². The highest BCUT2D eigenvalue weighted by molar-refractivity contribution is 6.31. The van der Waals surface area contributed by atoms with Gasteiger partial charge in [0.2, 0.25) is 17.7 Å². The summed E-state index contributed by atoms with van der Waals surface area (Å²) < 4.78 is 13.6. The number of hydrogen-bond donors (Lipinski definition) is 3. The highest BCUT2D eigenvalue weighted by Gasteiger charge is 2.36. The summed E-state index contributed by atoms with van der Waals surface area (Å²) >= 11 is 5.97. The first-order chi connectivity index (χ1) is 18.6. The fourth-order valence-electron chi connectivity index (χ4n) is 5.29. The molecule has 9 heteroatoms. The summed E-state index contributed by atoms with van der Waals surface area (Å²) in [5, 5.41) is 12.3. The lowest BCUT2D eigenvalue weighted by molar-refractivity contribution is -0.143. The molecule has 1 aliphatic rings. The van der Waals surface area contributed by atoms with Crippen LogP contribution in [0.15, 0.2) is 42.5 Å². The molecular weight excluding hydrogens is 521 g/mol. The van der Waals surface area contributed by atoms with Crippen molar-refractivity contribution >= 4 is 29.3 Å². The van der Waals surface area contributed by atoms with Gasteiger partial charge in [0, 0.05) is 19.0 Å². The maximum absolute atomic E-state index is 13.6. The minimum Gasteiger partial charge on any atom is -0.344 e. The third-order valence-electron chi connectivity index (χ3n) is 7.24. The van der Waals surface area contributed by atoms with E-state index >= 15 is 0 Å². The van der Waals surface area contributed by atoms with E-state index in [0.29, 0.717) is 38.8 Å². The van der Waals surface area contributed by atoms with E-state index in [1.807, 2.05) is 45.0 Å². The number of rotatable bonds is 11. The Morgan fingerprint density at radius 3 is 2.51 bits per heavy atom. The highest BCUT2D eigenvalue weighted by atomic mass is 35.5. The van der Waals surface area contributed by atoms with Gasteiger partial charge in [-0.2, -0.15) is 0 Å². The van der Waals surface area contributed by atoms with Crippen LogP contribution < -0.4 is 10.8 Å². The van der Waals surface area contributed by atoms with E-state index in [9.17, 15) is 24.0 Å². The van der Waals surface area contributed by atoms with Crippen molar-refractivity contribution in [1.82, 2.24) is 15.7 Å². The summed E-state index contributed by atoms with van der Waals surface area (Å²) in [6.45, 7) is 6.82. The average molecular weight is 560 g/mol. The zero-order chi connectivity index (χ0) is 28.5. The molecule has 3 rings (SSSR count). The van der Waals surface area contributed by atoms with Gasteiger partial charge in [0.25, 0.3) is 0 Å². The van der Waals surface area contributed by atoms with Gasteiger partial charge in [-0.15, -0.1) is 0 Å².